The summed E-state index contributed by atoms with van der Waals surface area (Å²) in [5.74, 6) is 0.517. The van der Waals surface area contributed by atoms with Crippen LogP contribution in [-0.2, 0) is 11.2 Å². The zero-order valence-corrected chi connectivity index (χ0v) is 18.2. The second-order valence-corrected chi connectivity index (χ2v) is 8.86. The number of benzene rings is 2. The summed E-state index contributed by atoms with van der Waals surface area (Å²) in [6.45, 7) is 3.01. The molecule has 6 heteroatoms. The Morgan fingerprint density at radius 2 is 1.97 bits per heavy atom. The van der Waals surface area contributed by atoms with Crippen LogP contribution in [0.25, 0.3) is 0 Å². The van der Waals surface area contributed by atoms with E-state index in [9.17, 15) is 14.3 Å². The van der Waals surface area contributed by atoms with E-state index >= 15 is 0 Å². The molecule has 1 saturated heterocycles. The molecule has 1 saturated carbocycles. The minimum atomic E-state index is -0.358. The van der Waals surface area contributed by atoms with Gasteiger partial charge in [-0.05, 0) is 60.9 Å². The molecule has 1 amide bonds. The summed E-state index contributed by atoms with van der Waals surface area (Å²) in [5, 5.41) is 13.0. The first kappa shape index (κ1) is 21.8. The number of nitrogens with one attached hydrogen (secondary N) is 1. The maximum Gasteiger partial charge on any atom is 0.227 e. The molecule has 166 valence electrons. The predicted octanol–water partition coefficient (Wildman–Crippen LogP) is 3.57. The average molecular weight is 427 g/mol. The molecular weight excluding hydrogens is 395 g/mol. The van der Waals surface area contributed by atoms with E-state index in [2.05, 4.69) is 36.5 Å². The van der Waals surface area contributed by atoms with Gasteiger partial charge in [0.2, 0.25) is 5.91 Å². The molecule has 3 unspecified atom stereocenters. The molecule has 5 nitrogen and oxygen atoms in total. The molecular formula is C25H31FN2O3. The van der Waals surface area contributed by atoms with Gasteiger partial charge in [-0.3, -0.25) is 4.79 Å². The number of β-amino-alcohol motifs (C(OH)–C–C–N with tert-alkyl or cyclic N) is 1. The molecule has 0 bridgehead atoms. The second kappa shape index (κ2) is 9.37. The van der Waals surface area contributed by atoms with Crippen molar-refractivity contribution in [3.8, 4) is 5.75 Å². The lowest BCUT2D eigenvalue weighted by molar-refractivity contribution is -0.140. The van der Waals surface area contributed by atoms with Crippen molar-refractivity contribution < 1.29 is 19.0 Å². The van der Waals surface area contributed by atoms with Gasteiger partial charge in [0.25, 0.3) is 0 Å². The summed E-state index contributed by atoms with van der Waals surface area (Å²) in [7, 11) is 1.48. The number of amides is 1. The van der Waals surface area contributed by atoms with Gasteiger partial charge in [0.1, 0.15) is 0 Å². The lowest BCUT2D eigenvalue weighted by Crippen LogP contribution is -2.53. The van der Waals surface area contributed by atoms with Gasteiger partial charge in [-0.25, -0.2) is 4.39 Å². The molecule has 31 heavy (non-hydrogen) atoms. The smallest absolute Gasteiger partial charge is 0.227 e. The van der Waals surface area contributed by atoms with Crippen LogP contribution < -0.4 is 10.1 Å². The highest BCUT2D eigenvalue weighted by molar-refractivity contribution is 5.79. The van der Waals surface area contributed by atoms with Gasteiger partial charge in [-0.2, -0.15) is 0 Å². The van der Waals surface area contributed by atoms with Crippen molar-refractivity contribution in [1.29, 1.82) is 0 Å². The number of halogens is 1. The number of aliphatic hydroxyl groups is 1. The Morgan fingerprint density at radius 1 is 1.23 bits per heavy atom. The Labute approximate surface area is 183 Å². The van der Waals surface area contributed by atoms with Crippen LogP contribution >= 0.6 is 0 Å². The number of methoxy groups -OCH3 is 1. The second-order valence-electron chi connectivity index (χ2n) is 8.86. The van der Waals surface area contributed by atoms with Gasteiger partial charge in [0.05, 0.1) is 19.6 Å². The van der Waals surface area contributed by atoms with E-state index in [1.165, 1.54) is 18.7 Å². The summed E-state index contributed by atoms with van der Waals surface area (Å²) in [4.78, 5) is 13.9. The van der Waals surface area contributed by atoms with E-state index in [4.69, 9.17) is 4.74 Å². The highest BCUT2D eigenvalue weighted by Crippen LogP contribution is 2.36. The normalized spacial score (nSPS) is 22.3. The first-order valence-electron chi connectivity index (χ1n) is 11.1. The SMILES string of the molecule is COc1cc(C(C)NC2CCC(c3ccc(CC(=O)N4CC(O)C4)cc3)C2)ccc1F. The Bertz CT molecular complexity index is 911. The predicted molar refractivity (Wildman–Crippen MR) is 118 cm³/mol. The van der Waals surface area contributed by atoms with Crippen LogP contribution in [0.5, 0.6) is 5.75 Å². The number of ether oxygens (including phenoxy) is 1. The average Bonchev–Trinajstić information content (AvgIpc) is 3.20. The molecule has 2 aromatic rings. The van der Waals surface area contributed by atoms with Crippen LogP contribution in [0.15, 0.2) is 42.5 Å². The number of rotatable bonds is 7. The molecule has 0 aromatic heterocycles. The number of carbonyl (C=O) groups is 1. The summed E-state index contributed by atoms with van der Waals surface area (Å²) >= 11 is 0. The molecule has 1 aliphatic carbocycles. The number of likely N-dealkylation sites (tertiary alicyclic amines) is 1. The highest BCUT2D eigenvalue weighted by atomic mass is 19.1. The Hall–Kier alpha value is -2.44. The molecule has 1 heterocycles. The zero-order valence-electron chi connectivity index (χ0n) is 18.2. The molecule has 1 aliphatic heterocycles. The third kappa shape index (κ3) is 5.08. The third-order valence-electron chi connectivity index (χ3n) is 6.61. The molecule has 3 atom stereocenters. The summed E-state index contributed by atoms with van der Waals surface area (Å²) in [6.07, 6.45) is 3.32. The largest absolute Gasteiger partial charge is 0.494 e. The van der Waals surface area contributed by atoms with E-state index in [-0.39, 0.29) is 29.6 Å². The fraction of sp³-hybridized carbons (Fsp3) is 0.480. The number of hydrogen-bond donors (Lipinski definition) is 2. The Morgan fingerprint density at radius 3 is 2.65 bits per heavy atom. The van der Waals surface area contributed by atoms with Crippen LogP contribution in [0.4, 0.5) is 4.39 Å². The van der Waals surface area contributed by atoms with Gasteiger partial charge in [0, 0.05) is 25.2 Å². The fourth-order valence-electron chi connectivity index (χ4n) is 4.68. The maximum absolute atomic E-state index is 13.7. The van der Waals surface area contributed by atoms with Crippen molar-refractivity contribution in [3.05, 3.63) is 65.0 Å². The topological polar surface area (TPSA) is 61.8 Å². The van der Waals surface area contributed by atoms with E-state index < -0.39 is 0 Å². The molecule has 0 radical (unpaired) electrons. The van der Waals surface area contributed by atoms with Crippen molar-refractivity contribution in [3.63, 3.8) is 0 Å². The Balaban J connectivity index is 1.29. The van der Waals surface area contributed by atoms with Crippen LogP contribution in [-0.4, -0.2) is 48.3 Å². The van der Waals surface area contributed by atoms with Crippen LogP contribution in [0.1, 0.15) is 54.8 Å². The van der Waals surface area contributed by atoms with Crippen molar-refractivity contribution in [2.24, 2.45) is 0 Å². The van der Waals surface area contributed by atoms with Gasteiger partial charge < -0.3 is 20.1 Å². The quantitative estimate of drug-likeness (QED) is 0.711. The van der Waals surface area contributed by atoms with Gasteiger partial charge in [0.15, 0.2) is 11.6 Å². The Kier molecular flexibility index (Phi) is 6.58. The first-order chi connectivity index (χ1) is 14.9. The fourth-order valence-corrected chi connectivity index (χ4v) is 4.68. The minimum Gasteiger partial charge on any atom is -0.494 e. The van der Waals surface area contributed by atoms with Crippen LogP contribution in [0.2, 0.25) is 0 Å². The van der Waals surface area contributed by atoms with Gasteiger partial charge in [-0.15, -0.1) is 0 Å². The van der Waals surface area contributed by atoms with Gasteiger partial charge in [-0.1, -0.05) is 30.3 Å². The van der Waals surface area contributed by atoms with Crippen molar-refractivity contribution in [2.75, 3.05) is 20.2 Å². The zero-order chi connectivity index (χ0) is 22.0. The highest BCUT2D eigenvalue weighted by Gasteiger charge is 2.29. The van der Waals surface area contributed by atoms with Crippen LogP contribution in [0.3, 0.4) is 0 Å². The first-order valence-corrected chi connectivity index (χ1v) is 11.1. The number of hydrogen-bond acceptors (Lipinski definition) is 4. The van der Waals surface area contributed by atoms with Crippen molar-refractivity contribution >= 4 is 5.91 Å². The molecule has 2 aromatic carbocycles. The minimum absolute atomic E-state index is 0.0783. The molecule has 2 aliphatic rings. The number of aliphatic hydroxyl groups excluding tert-OH is 1. The summed E-state index contributed by atoms with van der Waals surface area (Å²) in [6, 6.07) is 14.0. The third-order valence-corrected chi connectivity index (χ3v) is 6.61. The maximum atomic E-state index is 13.7. The van der Waals surface area contributed by atoms with Crippen molar-refractivity contribution in [2.45, 2.75) is 56.7 Å². The lowest BCUT2D eigenvalue weighted by atomic mass is 9.95. The standard InChI is InChI=1S/C25H31FN2O3/c1-16(19-8-10-23(26)24(13-19)31-2)27-21-9-7-20(12-21)18-5-3-17(4-6-18)11-25(30)28-14-22(29)15-28/h3-6,8,10,13,16,20-22,27,29H,7,9,11-12,14-15H2,1-2H3. The van der Waals surface area contributed by atoms with E-state index in [1.807, 2.05) is 6.07 Å². The molecule has 4 rings (SSSR count). The van der Waals surface area contributed by atoms with E-state index in [0.717, 1.165) is 30.4 Å². The molecule has 0 spiro atoms. The van der Waals surface area contributed by atoms with Gasteiger partial charge >= 0.3 is 0 Å². The van der Waals surface area contributed by atoms with Crippen LogP contribution in [0, 0.1) is 5.82 Å². The molecule has 2 fully saturated rings. The van der Waals surface area contributed by atoms with E-state index in [1.54, 1.807) is 11.0 Å². The van der Waals surface area contributed by atoms with Crippen molar-refractivity contribution in [1.82, 2.24) is 10.2 Å². The number of carbonyl (C=O) groups excluding carboxylic acids is 1. The lowest BCUT2D eigenvalue weighted by Gasteiger charge is -2.35. The monoisotopic (exact) mass is 426 g/mol. The molecule has 2 N–H and O–H groups in total. The van der Waals surface area contributed by atoms with E-state index in [0.29, 0.717) is 31.5 Å². The summed E-state index contributed by atoms with van der Waals surface area (Å²) in [5.41, 5.74) is 3.35. The summed E-state index contributed by atoms with van der Waals surface area (Å²) < 4.78 is 18.8. The number of nitrogens with zero attached hydrogens (tertiary/aromatic N) is 1.